The number of β-lactam (4-membered cyclic amide) rings is 1. The summed E-state index contributed by atoms with van der Waals surface area (Å²) in [4.78, 5) is 59.7. The van der Waals surface area contributed by atoms with Crippen LogP contribution in [0.1, 0.15) is 25.5 Å². The van der Waals surface area contributed by atoms with Crippen LogP contribution in [0.25, 0.3) is 0 Å². The maximum atomic E-state index is 13.1. The molecule has 2 atom stereocenters. The number of oxime groups is 1. The lowest BCUT2D eigenvalue weighted by molar-refractivity contribution is -0.157. The molecule has 14 heteroatoms. The Kier molecular flexibility index (Phi) is 5.58. The Morgan fingerprint density at radius 2 is 2.16 bits per heavy atom. The van der Waals surface area contributed by atoms with E-state index in [1.54, 1.807) is 5.38 Å². The van der Waals surface area contributed by atoms with Crippen molar-refractivity contribution in [3.63, 3.8) is 0 Å². The molecule has 1 saturated carbocycles. The normalized spacial score (nSPS) is 25.2. The molecule has 2 fully saturated rings. The molecule has 1 aromatic heterocycles. The highest BCUT2D eigenvalue weighted by molar-refractivity contribution is 8.00. The van der Waals surface area contributed by atoms with E-state index in [2.05, 4.69) is 15.5 Å². The average Bonchev–Trinajstić information content (AvgIpc) is 3.47. The summed E-state index contributed by atoms with van der Waals surface area (Å²) in [5.41, 5.74) is 8.94. The van der Waals surface area contributed by atoms with Crippen LogP contribution in [0, 0.1) is 5.92 Å². The fourth-order valence-electron chi connectivity index (χ4n) is 3.41. The van der Waals surface area contributed by atoms with Crippen molar-refractivity contribution in [3.8, 4) is 0 Å². The number of thiazole rings is 1. The fourth-order valence-corrected chi connectivity index (χ4v) is 5.41. The zero-order chi connectivity index (χ0) is 23.2. The van der Waals surface area contributed by atoms with Crippen LogP contribution < -0.4 is 16.8 Å². The van der Waals surface area contributed by atoms with E-state index in [0.29, 0.717) is 12.5 Å². The molecule has 3 heterocycles. The third-order valence-electron chi connectivity index (χ3n) is 5.32. The minimum absolute atomic E-state index is 0.00899. The molecule has 1 aliphatic carbocycles. The van der Waals surface area contributed by atoms with Crippen LogP contribution in [-0.4, -0.2) is 67.7 Å². The summed E-state index contributed by atoms with van der Waals surface area (Å²) in [5, 5.41) is 17.1. The van der Waals surface area contributed by atoms with E-state index in [1.807, 2.05) is 0 Å². The highest BCUT2D eigenvalue weighted by Crippen LogP contribution is 2.46. The van der Waals surface area contributed by atoms with Gasteiger partial charge in [-0.1, -0.05) is 5.16 Å². The molecule has 0 unspecified atom stereocenters. The number of nitrogens with one attached hydrogen (secondary N) is 1. The Morgan fingerprint density at radius 3 is 2.72 bits per heavy atom. The minimum Gasteiger partial charge on any atom is -0.477 e. The molecule has 0 radical (unpaired) electrons. The third-order valence-corrected chi connectivity index (χ3v) is 7.45. The number of nitrogens with zero attached hydrogens (tertiary/aromatic N) is 3. The summed E-state index contributed by atoms with van der Waals surface area (Å²) >= 11 is 2.25. The van der Waals surface area contributed by atoms with Crippen LogP contribution in [0.5, 0.6) is 0 Å². The van der Waals surface area contributed by atoms with Gasteiger partial charge in [0.05, 0.1) is 5.57 Å². The highest BCUT2D eigenvalue weighted by Gasteiger charge is 2.63. The summed E-state index contributed by atoms with van der Waals surface area (Å²) in [6.07, 6.45) is 2.07. The predicted molar refractivity (Wildman–Crippen MR) is 115 cm³/mol. The Balaban J connectivity index is 1.57. The zero-order valence-corrected chi connectivity index (χ0v) is 18.5. The van der Waals surface area contributed by atoms with Crippen molar-refractivity contribution in [3.05, 3.63) is 22.3 Å². The van der Waals surface area contributed by atoms with Gasteiger partial charge >= 0.3 is 5.97 Å². The van der Waals surface area contributed by atoms with E-state index in [-0.39, 0.29) is 27.9 Å². The van der Waals surface area contributed by atoms with Gasteiger partial charge in [0, 0.05) is 11.1 Å². The van der Waals surface area contributed by atoms with Gasteiger partial charge in [0.15, 0.2) is 10.8 Å². The van der Waals surface area contributed by atoms with E-state index < -0.39 is 40.3 Å². The molecule has 3 aliphatic rings. The Morgan fingerprint density at radius 1 is 1.44 bits per heavy atom. The lowest BCUT2D eigenvalue weighted by Crippen LogP contribution is -2.79. The molecular weight excluding hydrogens is 460 g/mol. The van der Waals surface area contributed by atoms with E-state index in [4.69, 9.17) is 16.3 Å². The molecule has 1 saturated heterocycles. The number of nitrogen functional groups attached to an aromatic ring is 1. The number of nitrogens with two attached hydrogens (primary N) is 2. The number of primary amides is 1. The average molecular weight is 481 g/mol. The first-order valence-electron chi connectivity index (χ1n) is 9.58. The fraction of sp³-hybridized carbons (Fsp3) is 0.444. The van der Waals surface area contributed by atoms with Gasteiger partial charge in [-0.05, 0) is 25.7 Å². The van der Waals surface area contributed by atoms with Crippen LogP contribution in [0.15, 0.2) is 21.8 Å². The Labute approximate surface area is 190 Å². The van der Waals surface area contributed by atoms with Crippen LogP contribution >= 0.6 is 23.1 Å². The monoisotopic (exact) mass is 480 g/mol. The lowest BCUT2D eigenvalue weighted by Gasteiger charge is -2.55. The number of hydrogen-bond donors (Lipinski definition) is 4. The van der Waals surface area contributed by atoms with Crippen LogP contribution in [-0.2, 0) is 24.0 Å². The largest absolute Gasteiger partial charge is 0.477 e. The maximum Gasteiger partial charge on any atom is 0.353 e. The summed E-state index contributed by atoms with van der Waals surface area (Å²) < 4.78 is 0. The second kappa shape index (κ2) is 8.09. The molecule has 1 aromatic rings. The number of carboxylic acid groups (broad SMARTS) is 1. The SMILES string of the molecule is C[C@@]1(NC(=O)/C(=N\OCC2CC2)c2csc(N)n2)C(=O)N2C(C(=O)O)=C(C(N)=O)CS[C@@H]21. The number of carbonyl (C=O) groups excluding carboxylic acids is 3. The summed E-state index contributed by atoms with van der Waals surface area (Å²) in [5.74, 6) is -3.37. The van der Waals surface area contributed by atoms with Crippen LogP contribution in [0.2, 0.25) is 0 Å². The molecule has 12 nitrogen and oxygen atoms in total. The first-order valence-corrected chi connectivity index (χ1v) is 11.5. The van der Waals surface area contributed by atoms with Crippen molar-refractivity contribution in [2.24, 2.45) is 16.8 Å². The second-order valence-corrected chi connectivity index (χ2v) is 9.70. The molecule has 0 aromatic carbocycles. The summed E-state index contributed by atoms with van der Waals surface area (Å²) in [6, 6.07) is 0. The van der Waals surface area contributed by atoms with Crippen molar-refractivity contribution in [2.75, 3.05) is 18.1 Å². The number of carboxylic acids is 1. The van der Waals surface area contributed by atoms with E-state index >= 15 is 0 Å². The molecule has 0 spiro atoms. The first-order chi connectivity index (χ1) is 15.1. The van der Waals surface area contributed by atoms with Crippen molar-refractivity contribution >= 4 is 57.6 Å². The molecule has 32 heavy (non-hydrogen) atoms. The quantitative estimate of drug-likeness (QED) is 0.215. The third kappa shape index (κ3) is 3.79. The maximum absolute atomic E-state index is 13.1. The molecule has 3 amide bonds. The van der Waals surface area contributed by atoms with Gasteiger partial charge in [-0.3, -0.25) is 19.3 Å². The molecule has 0 bridgehead atoms. The number of carbonyl (C=O) groups is 4. The molecular formula is C18H20N6O6S2. The van der Waals surface area contributed by atoms with Crippen LogP contribution in [0.3, 0.4) is 0 Å². The Hall–Kier alpha value is -3.13. The van der Waals surface area contributed by atoms with Crippen molar-refractivity contribution in [1.82, 2.24) is 15.2 Å². The standard InChI is InChI=1S/C18H20N6O6S2/c1-18(15(29)24-11(14(27)28)8(12(19)25)5-31-16(18)24)22-13(26)10(9-6-32-17(20)21-9)23-30-4-7-2-3-7/h6-7,16H,2-5H2,1H3,(H2,19,25)(H2,20,21)(H,22,26)(H,27,28)/b23-10-/t16-,18-/m1/s1. The van der Waals surface area contributed by atoms with Gasteiger partial charge in [0.25, 0.3) is 11.8 Å². The number of amides is 3. The zero-order valence-electron chi connectivity index (χ0n) is 16.9. The van der Waals surface area contributed by atoms with Crippen molar-refractivity contribution in [1.29, 1.82) is 0 Å². The van der Waals surface area contributed by atoms with Gasteiger partial charge in [-0.25, -0.2) is 9.78 Å². The number of aliphatic carboxylic acids is 1. The number of aromatic nitrogens is 1. The lowest BCUT2D eigenvalue weighted by atomic mass is 9.87. The van der Waals surface area contributed by atoms with Gasteiger partial charge in [0.1, 0.15) is 28.9 Å². The Bertz CT molecular complexity index is 1080. The predicted octanol–water partition coefficient (Wildman–Crippen LogP) is -0.530. The molecule has 4 rings (SSSR count). The van der Waals surface area contributed by atoms with Crippen molar-refractivity contribution in [2.45, 2.75) is 30.7 Å². The number of fused-ring (bicyclic) bond motifs is 1. The van der Waals surface area contributed by atoms with Gasteiger partial charge in [-0.2, -0.15) is 0 Å². The molecule has 6 N–H and O–H groups in total. The number of rotatable bonds is 8. The molecule has 2 aliphatic heterocycles. The number of anilines is 1. The first kappa shape index (κ1) is 22.1. The van der Waals surface area contributed by atoms with Gasteiger partial charge < -0.3 is 26.7 Å². The summed E-state index contributed by atoms with van der Waals surface area (Å²) in [6.45, 7) is 1.84. The van der Waals surface area contributed by atoms with Gasteiger partial charge in [-0.15, -0.1) is 23.1 Å². The van der Waals surface area contributed by atoms with E-state index in [9.17, 15) is 24.3 Å². The van der Waals surface area contributed by atoms with Crippen LogP contribution in [0.4, 0.5) is 5.13 Å². The highest BCUT2D eigenvalue weighted by atomic mass is 32.2. The van der Waals surface area contributed by atoms with Crippen molar-refractivity contribution < 1.29 is 29.1 Å². The number of hydrogen-bond acceptors (Lipinski definition) is 10. The topological polar surface area (TPSA) is 190 Å². The van der Waals surface area contributed by atoms with E-state index in [1.165, 1.54) is 6.92 Å². The molecule has 170 valence electrons. The second-order valence-electron chi connectivity index (χ2n) is 7.74. The number of thioether (sulfide) groups is 1. The van der Waals surface area contributed by atoms with Gasteiger partial charge in [0.2, 0.25) is 5.91 Å². The minimum atomic E-state index is -1.44. The smallest absolute Gasteiger partial charge is 0.353 e. The summed E-state index contributed by atoms with van der Waals surface area (Å²) in [7, 11) is 0. The van der Waals surface area contributed by atoms with E-state index in [0.717, 1.165) is 40.8 Å².